The monoisotopic (exact) mass is 282 g/mol. The number of amides is 2. The Balaban J connectivity index is 1.96. The Bertz CT molecular complexity index is 436. The zero-order chi connectivity index (χ0) is 13.8. The van der Waals surface area contributed by atoms with Gasteiger partial charge >= 0.3 is 6.03 Å². The largest absolute Gasteiger partial charge is 0.391 e. The van der Waals surface area contributed by atoms with Crippen LogP contribution >= 0.6 is 11.6 Å². The molecular formula is C14H19ClN2O2. The summed E-state index contributed by atoms with van der Waals surface area (Å²) in [6, 6.07) is 6.67. The average Bonchev–Trinajstić information content (AvgIpc) is 2.41. The van der Waals surface area contributed by atoms with Crippen molar-refractivity contribution in [3.63, 3.8) is 0 Å². The van der Waals surface area contributed by atoms with Crippen LogP contribution in [0.1, 0.15) is 25.7 Å². The molecule has 1 aliphatic rings. The van der Waals surface area contributed by atoms with Crippen molar-refractivity contribution in [2.75, 3.05) is 12.4 Å². The third-order valence-electron chi connectivity index (χ3n) is 3.61. The van der Waals surface area contributed by atoms with Crippen LogP contribution in [0.2, 0.25) is 5.02 Å². The molecule has 1 fully saturated rings. The number of rotatable bonds is 2. The molecule has 0 aromatic heterocycles. The first-order valence-electron chi connectivity index (χ1n) is 6.55. The van der Waals surface area contributed by atoms with Crippen LogP contribution in [0.5, 0.6) is 0 Å². The van der Waals surface area contributed by atoms with Gasteiger partial charge in [-0.2, -0.15) is 0 Å². The van der Waals surface area contributed by atoms with E-state index in [0.717, 1.165) is 25.7 Å². The van der Waals surface area contributed by atoms with E-state index in [0.29, 0.717) is 10.7 Å². The summed E-state index contributed by atoms with van der Waals surface area (Å²) >= 11 is 5.80. The summed E-state index contributed by atoms with van der Waals surface area (Å²) in [7, 11) is 1.73. The van der Waals surface area contributed by atoms with Gasteiger partial charge < -0.3 is 15.3 Å². The van der Waals surface area contributed by atoms with Crippen LogP contribution in [0.3, 0.4) is 0 Å². The number of hydrogen-bond acceptors (Lipinski definition) is 2. The molecule has 0 saturated heterocycles. The van der Waals surface area contributed by atoms with Gasteiger partial charge in [-0.15, -0.1) is 0 Å². The molecule has 0 radical (unpaired) electrons. The number of nitrogens with zero attached hydrogens (tertiary/aromatic N) is 1. The number of aliphatic hydroxyl groups is 1. The summed E-state index contributed by atoms with van der Waals surface area (Å²) in [6.07, 6.45) is 3.29. The molecule has 0 bridgehead atoms. The molecule has 1 aromatic rings. The number of carbonyl (C=O) groups excluding carboxylic acids is 1. The van der Waals surface area contributed by atoms with Crippen molar-refractivity contribution in [3.8, 4) is 0 Å². The second-order valence-corrected chi connectivity index (χ2v) is 5.40. The van der Waals surface area contributed by atoms with Crippen LogP contribution in [0, 0.1) is 0 Å². The van der Waals surface area contributed by atoms with Gasteiger partial charge in [-0.1, -0.05) is 24.4 Å². The van der Waals surface area contributed by atoms with Crippen molar-refractivity contribution in [1.82, 2.24) is 4.90 Å². The number of anilines is 1. The number of likely N-dealkylation sites (N-methyl/N-ethyl adjacent to an activating group) is 1. The van der Waals surface area contributed by atoms with E-state index in [2.05, 4.69) is 5.32 Å². The van der Waals surface area contributed by atoms with Gasteiger partial charge in [0.05, 0.1) is 12.1 Å². The zero-order valence-corrected chi connectivity index (χ0v) is 11.7. The van der Waals surface area contributed by atoms with Gasteiger partial charge in [-0.25, -0.2) is 4.79 Å². The predicted octanol–water partition coefficient (Wildman–Crippen LogP) is 3.11. The molecule has 1 aliphatic carbocycles. The standard InChI is InChI=1S/C14H19ClN2O2/c1-17(12-4-2-3-5-13(12)18)14(19)16-11-8-6-10(15)7-9-11/h6-9,12-13,18H,2-5H2,1H3,(H,16,19). The van der Waals surface area contributed by atoms with E-state index in [-0.39, 0.29) is 12.1 Å². The highest BCUT2D eigenvalue weighted by Gasteiger charge is 2.29. The van der Waals surface area contributed by atoms with Gasteiger partial charge in [0.25, 0.3) is 0 Å². The lowest BCUT2D eigenvalue weighted by Crippen LogP contribution is -2.47. The Morgan fingerprint density at radius 3 is 2.58 bits per heavy atom. The van der Waals surface area contributed by atoms with E-state index in [1.54, 1.807) is 36.2 Å². The van der Waals surface area contributed by atoms with E-state index in [9.17, 15) is 9.90 Å². The minimum atomic E-state index is -0.422. The second kappa shape index (κ2) is 6.26. The minimum Gasteiger partial charge on any atom is -0.391 e. The van der Waals surface area contributed by atoms with Crippen molar-refractivity contribution in [1.29, 1.82) is 0 Å². The maximum atomic E-state index is 12.1. The highest BCUT2D eigenvalue weighted by molar-refractivity contribution is 6.30. The van der Waals surface area contributed by atoms with Crippen LogP contribution in [0.25, 0.3) is 0 Å². The number of nitrogens with one attached hydrogen (secondary N) is 1. The van der Waals surface area contributed by atoms with E-state index in [1.165, 1.54) is 0 Å². The fraction of sp³-hybridized carbons (Fsp3) is 0.500. The zero-order valence-electron chi connectivity index (χ0n) is 11.0. The molecule has 104 valence electrons. The Hall–Kier alpha value is -1.26. The second-order valence-electron chi connectivity index (χ2n) is 4.97. The van der Waals surface area contributed by atoms with Crippen LogP contribution in [-0.4, -0.2) is 35.2 Å². The highest BCUT2D eigenvalue weighted by atomic mass is 35.5. The molecule has 0 spiro atoms. The predicted molar refractivity (Wildman–Crippen MR) is 76.5 cm³/mol. The van der Waals surface area contributed by atoms with Crippen molar-refractivity contribution in [2.45, 2.75) is 37.8 Å². The first-order valence-corrected chi connectivity index (χ1v) is 6.93. The summed E-state index contributed by atoms with van der Waals surface area (Å²) < 4.78 is 0. The van der Waals surface area contributed by atoms with Gasteiger partial charge in [0.15, 0.2) is 0 Å². The number of urea groups is 1. The van der Waals surface area contributed by atoms with Gasteiger partial charge in [-0.3, -0.25) is 0 Å². The third-order valence-corrected chi connectivity index (χ3v) is 3.86. The highest BCUT2D eigenvalue weighted by Crippen LogP contribution is 2.23. The molecule has 1 saturated carbocycles. The number of hydrogen-bond donors (Lipinski definition) is 2. The number of halogens is 1. The van der Waals surface area contributed by atoms with Gasteiger partial charge in [0.2, 0.25) is 0 Å². The smallest absolute Gasteiger partial charge is 0.321 e. The molecular weight excluding hydrogens is 264 g/mol. The summed E-state index contributed by atoms with van der Waals surface area (Å²) in [5, 5.41) is 13.4. The maximum Gasteiger partial charge on any atom is 0.321 e. The molecule has 2 N–H and O–H groups in total. The van der Waals surface area contributed by atoms with Gasteiger partial charge in [0.1, 0.15) is 0 Å². The first kappa shape index (κ1) is 14.2. The van der Waals surface area contributed by atoms with E-state index >= 15 is 0 Å². The van der Waals surface area contributed by atoms with Crippen LogP contribution in [0.15, 0.2) is 24.3 Å². The van der Waals surface area contributed by atoms with Crippen LogP contribution in [-0.2, 0) is 0 Å². The van der Waals surface area contributed by atoms with E-state index in [1.807, 2.05) is 0 Å². The molecule has 5 heteroatoms. The summed E-state index contributed by atoms with van der Waals surface area (Å²) in [6.45, 7) is 0. The average molecular weight is 283 g/mol. The van der Waals surface area contributed by atoms with Gasteiger partial charge in [0, 0.05) is 17.8 Å². The number of benzene rings is 1. The van der Waals surface area contributed by atoms with Crippen LogP contribution in [0.4, 0.5) is 10.5 Å². The minimum absolute atomic E-state index is 0.0962. The maximum absolute atomic E-state index is 12.1. The molecule has 0 aliphatic heterocycles. The molecule has 2 unspecified atom stereocenters. The summed E-state index contributed by atoms with van der Waals surface area (Å²) in [5.41, 5.74) is 0.701. The van der Waals surface area contributed by atoms with Crippen molar-refractivity contribution >= 4 is 23.3 Å². The van der Waals surface area contributed by atoms with Crippen molar-refractivity contribution < 1.29 is 9.90 Å². The SMILES string of the molecule is CN(C(=O)Nc1ccc(Cl)cc1)C1CCCCC1O. The Morgan fingerprint density at radius 2 is 1.95 bits per heavy atom. The lowest BCUT2D eigenvalue weighted by atomic mass is 9.92. The molecule has 2 amide bonds. The summed E-state index contributed by atoms with van der Waals surface area (Å²) in [5.74, 6) is 0. The molecule has 4 nitrogen and oxygen atoms in total. The Kier molecular flexibility index (Phi) is 4.66. The quantitative estimate of drug-likeness (QED) is 0.876. The van der Waals surface area contributed by atoms with Crippen LogP contribution < -0.4 is 5.32 Å². The molecule has 1 aromatic carbocycles. The van der Waals surface area contributed by atoms with E-state index in [4.69, 9.17) is 11.6 Å². The summed E-state index contributed by atoms with van der Waals surface area (Å²) in [4.78, 5) is 13.7. The Morgan fingerprint density at radius 1 is 1.32 bits per heavy atom. The topological polar surface area (TPSA) is 52.6 Å². The molecule has 2 atom stereocenters. The Labute approximate surface area is 118 Å². The van der Waals surface area contributed by atoms with Gasteiger partial charge in [-0.05, 0) is 37.1 Å². The lowest BCUT2D eigenvalue weighted by molar-refractivity contribution is 0.0494. The van der Waals surface area contributed by atoms with E-state index < -0.39 is 6.10 Å². The fourth-order valence-corrected chi connectivity index (χ4v) is 2.56. The lowest BCUT2D eigenvalue weighted by Gasteiger charge is -2.35. The first-order chi connectivity index (χ1) is 9.08. The normalized spacial score (nSPS) is 22.9. The van der Waals surface area contributed by atoms with Crippen molar-refractivity contribution in [2.24, 2.45) is 0 Å². The number of aliphatic hydroxyl groups excluding tert-OH is 1. The number of carbonyl (C=O) groups is 1. The fourth-order valence-electron chi connectivity index (χ4n) is 2.44. The molecule has 19 heavy (non-hydrogen) atoms. The third kappa shape index (κ3) is 3.61. The molecule has 2 rings (SSSR count). The molecule has 0 heterocycles. The van der Waals surface area contributed by atoms with Crippen molar-refractivity contribution in [3.05, 3.63) is 29.3 Å².